The number of carbonyl (C=O) groups excluding carboxylic acids is 2. The molecule has 2 aromatic carbocycles. The van der Waals surface area contributed by atoms with Gasteiger partial charge in [-0.15, -0.1) is 0 Å². The summed E-state index contributed by atoms with van der Waals surface area (Å²) in [4.78, 5) is 29.7. The molecule has 3 aliphatic rings. The van der Waals surface area contributed by atoms with Crippen LogP contribution in [0.3, 0.4) is 0 Å². The fourth-order valence-corrected chi connectivity index (χ4v) is 6.98. The molecule has 0 radical (unpaired) electrons. The largest absolute Gasteiger partial charge is 0.459 e. The van der Waals surface area contributed by atoms with Gasteiger partial charge < -0.3 is 19.5 Å². The highest BCUT2D eigenvalue weighted by atomic mass is 16.3. The Kier molecular flexibility index (Phi) is 6.73. The van der Waals surface area contributed by atoms with Gasteiger partial charge in [0, 0.05) is 31.6 Å². The van der Waals surface area contributed by atoms with Crippen molar-refractivity contribution in [2.24, 2.45) is 5.92 Å². The number of benzene rings is 2. The van der Waals surface area contributed by atoms with Gasteiger partial charge in [0.15, 0.2) is 5.76 Å². The number of carbonyl (C=O) groups is 2. The SMILES string of the molecule is CC(=O)N1c2ccc(-c3cccc4c3C(C3CCCCCCC3)CN4)cc2N(C(=O)c2ccco2)C[C@@H]1C. The second kappa shape index (κ2) is 10.3. The number of nitrogens with zero attached hydrogens (tertiary/aromatic N) is 2. The minimum absolute atomic E-state index is 0.0225. The molecule has 198 valence electrons. The van der Waals surface area contributed by atoms with E-state index in [1.807, 2.05) is 13.0 Å². The normalized spacial score (nSPS) is 21.7. The van der Waals surface area contributed by atoms with Gasteiger partial charge >= 0.3 is 0 Å². The third-order valence-corrected chi connectivity index (χ3v) is 8.75. The van der Waals surface area contributed by atoms with Crippen LogP contribution in [0.4, 0.5) is 17.1 Å². The van der Waals surface area contributed by atoms with Crippen molar-refractivity contribution in [3.05, 3.63) is 66.1 Å². The standard InChI is InChI=1S/C32H37N3O3/c1-21-20-34(32(37)30-14-9-17-38-30)29-18-24(15-16-28(29)35(21)22(2)36)25-12-8-13-27-31(25)26(19-33-27)23-10-6-4-3-5-7-11-23/h8-9,12-18,21,23,26,33H,3-7,10-11,19-20H2,1-2H3/t21-,26?/m0/s1. The number of hydrogen-bond donors (Lipinski definition) is 1. The van der Waals surface area contributed by atoms with Crippen molar-refractivity contribution in [2.45, 2.75) is 70.8 Å². The molecule has 1 aliphatic carbocycles. The highest BCUT2D eigenvalue weighted by molar-refractivity contribution is 6.10. The number of fused-ring (bicyclic) bond motifs is 2. The van der Waals surface area contributed by atoms with Gasteiger partial charge in [0.1, 0.15) is 0 Å². The van der Waals surface area contributed by atoms with Crippen LogP contribution >= 0.6 is 0 Å². The lowest BCUT2D eigenvalue weighted by Gasteiger charge is -2.40. The van der Waals surface area contributed by atoms with E-state index in [1.54, 1.807) is 28.9 Å². The van der Waals surface area contributed by atoms with Gasteiger partial charge in [0.2, 0.25) is 5.91 Å². The zero-order chi connectivity index (χ0) is 26.2. The average molecular weight is 512 g/mol. The van der Waals surface area contributed by atoms with E-state index < -0.39 is 0 Å². The predicted octanol–water partition coefficient (Wildman–Crippen LogP) is 7.22. The highest BCUT2D eigenvalue weighted by Crippen LogP contribution is 2.47. The Hall–Kier alpha value is -3.54. The molecule has 3 heterocycles. The summed E-state index contributed by atoms with van der Waals surface area (Å²) in [7, 11) is 0. The zero-order valence-corrected chi connectivity index (χ0v) is 22.4. The first kappa shape index (κ1) is 24.8. The lowest BCUT2D eigenvalue weighted by atomic mass is 9.77. The molecule has 0 spiro atoms. The maximum atomic E-state index is 13.5. The first-order chi connectivity index (χ1) is 18.5. The van der Waals surface area contributed by atoms with E-state index in [4.69, 9.17) is 4.42 Å². The van der Waals surface area contributed by atoms with Crippen LogP contribution in [-0.2, 0) is 4.79 Å². The fraction of sp³-hybridized carbons (Fsp3) is 0.438. The monoisotopic (exact) mass is 511 g/mol. The minimum atomic E-state index is -0.184. The summed E-state index contributed by atoms with van der Waals surface area (Å²) in [5, 5.41) is 3.70. The topological polar surface area (TPSA) is 65.8 Å². The number of nitrogens with one attached hydrogen (secondary N) is 1. The number of furan rings is 1. The van der Waals surface area contributed by atoms with Gasteiger partial charge in [0.05, 0.1) is 23.7 Å². The maximum Gasteiger partial charge on any atom is 0.294 e. The molecule has 1 N–H and O–H groups in total. The van der Waals surface area contributed by atoms with Crippen LogP contribution in [0.5, 0.6) is 0 Å². The van der Waals surface area contributed by atoms with Gasteiger partial charge in [0.25, 0.3) is 5.91 Å². The number of rotatable bonds is 3. The molecule has 1 aromatic heterocycles. The second-order valence-electron chi connectivity index (χ2n) is 11.2. The molecule has 6 heteroatoms. The van der Waals surface area contributed by atoms with Gasteiger partial charge in [-0.2, -0.15) is 0 Å². The summed E-state index contributed by atoms with van der Waals surface area (Å²) in [5.41, 5.74) is 6.46. The van der Waals surface area contributed by atoms with Crippen LogP contribution in [0.15, 0.2) is 59.2 Å². The predicted molar refractivity (Wildman–Crippen MR) is 152 cm³/mol. The van der Waals surface area contributed by atoms with E-state index in [9.17, 15) is 9.59 Å². The molecule has 0 bridgehead atoms. The number of anilines is 3. The van der Waals surface area contributed by atoms with Crippen molar-refractivity contribution in [1.29, 1.82) is 0 Å². The minimum Gasteiger partial charge on any atom is -0.459 e. The third-order valence-electron chi connectivity index (χ3n) is 8.75. The van der Waals surface area contributed by atoms with Crippen molar-refractivity contribution in [3.8, 4) is 11.1 Å². The molecule has 3 aromatic rings. The molecule has 1 unspecified atom stereocenters. The fourth-order valence-electron chi connectivity index (χ4n) is 6.98. The molecule has 0 saturated heterocycles. The first-order valence-electron chi connectivity index (χ1n) is 14.2. The summed E-state index contributed by atoms with van der Waals surface area (Å²) < 4.78 is 5.47. The maximum absolute atomic E-state index is 13.5. The van der Waals surface area contributed by atoms with Crippen LogP contribution < -0.4 is 15.1 Å². The summed E-state index contributed by atoms with van der Waals surface area (Å²) in [6.07, 6.45) is 10.8. The van der Waals surface area contributed by atoms with Crippen molar-refractivity contribution in [2.75, 3.05) is 28.2 Å². The van der Waals surface area contributed by atoms with Crippen LogP contribution in [0.1, 0.15) is 80.8 Å². The molecule has 6 rings (SSSR count). The molecule has 2 amide bonds. The summed E-state index contributed by atoms with van der Waals surface area (Å²) in [6.45, 7) is 4.97. The van der Waals surface area contributed by atoms with Crippen molar-refractivity contribution in [3.63, 3.8) is 0 Å². The van der Waals surface area contributed by atoms with Crippen LogP contribution in [0.2, 0.25) is 0 Å². The smallest absolute Gasteiger partial charge is 0.294 e. The van der Waals surface area contributed by atoms with Gasteiger partial charge in [-0.1, -0.05) is 50.3 Å². The molecule has 1 fully saturated rings. The van der Waals surface area contributed by atoms with E-state index in [0.29, 0.717) is 24.1 Å². The summed E-state index contributed by atoms with van der Waals surface area (Å²) in [6, 6.07) is 16.1. The van der Waals surface area contributed by atoms with E-state index in [0.717, 1.165) is 23.5 Å². The lowest BCUT2D eigenvalue weighted by Crippen LogP contribution is -2.51. The molecular weight excluding hydrogens is 474 g/mol. The Morgan fingerprint density at radius 3 is 2.47 bits per heavy atom. The Morgan fingerprint density at radius 2 is 1.74 bits per heavy atom. The van der Waals surface area contributed by atoms with Gasteiger partial charge in [-0.3, -0.25) is 9.59 Å². The van der Waals surface area contributed by atoms with Crippen LogP contribution in [0.25, 0.3) is 11.1 Å². The molecule has 2 aliphatic heterocycles. The van der Waals surface area contributed by atoms with E-state index in [2.05, 4.69) is 35.6 Å². The Balaban J connectivity index is 1.43. The van der Waals surface area contributed by atoms with E-state index >= 15 is 0 Å². The zero-order valence-electron chi connectivity index (χ0n) is 22.4. The quantitative estimate of drug-likeness (QED) is 0.403. The average Bonchev–Trinajstić information content (AvgIpc) is 3.58. The summed E-state index contributed by atoms with van der Waals surface area (Å²) in [5.74, 6) is 1.28. The van der Waals surface area contributed by atoms with Crippen molar-refractivity contribution < 1.29 is 14.0 Å². The molecule has 38 heavy (non-hydrogen) atoms. The molecule has 1 saturated carbocycles. The number of hydrogen-bond acceptors (Lipinski definition) is 4. The highest BCUT2D eigenvalue weighted by Gasteiger charge is 2.36. The summed E-state index contributed by atoms with van der Waals surface area (Å²) >= 11 is 0. The van der Waals surface area contributed by atoms with E-state index in [1.165, 1.54) is 68.0 Å². The Morgan fingerprint density at radius 1 is 0.947 bits per heavy atom. The van der Waals surface area contributed by atoms with E-state index in [-0.39, 0.29) is 17.9 Å². The Bertz CT molecular complexity index is 1320. The van der Waals surface area contributed by atoms with Crippen LogP contribution in [-0.4, -0.2) is 30.9 Å². The Labute approximate surface area is 225 Å². The van der Waals surface area contributed by atoms with Crippen molar-refractivity contribution in [1.82, 2.24) is 0 Å². The van der Waals surface area contributed by atoms with Crippen LogP contribution in [0, 0.1) is 5.92 Å². The molecule has 6 nitrogen and oxygen atoms in total. The third kappa shape index (κ3) is 4.40. The van der Waals surface area contributed by atoms with Gasteiger partial charge in [-0.25, -0.2) is 0 Å². The van der Waals surface area contributed by atoms with Crippen molar-refractivity contribution >= 4 is 28.9 Å². The second-order valence-corrected chi connectivity index (χ2v) is 11.2. The molecular formula is C32H37N3O3. The lowest BCUT2D eigenvalue weighted by molar-refractivity contribution is -0.117. The molecule has 2 atom stereocenters. The number of amides is 2. The van der Waals surface area contributed by atoms with Gasteiger partial charge in [-0.05, 0) is 72.7 Å². The first-order valence-corrected chi connectivity index (χ1v) is 14.2.